The summed E-state index contributed by atoms with van der Waals surface area (Å²) in [5.74, 6) is 1.07. The highest BCUT2D eigenvalue weighted by Gasteiger charge is 2.25. The normalized spacial score (nSPS) is 16.7. The second-order valence-corrected chi connectivity index (χ2v) is 7.18. The van der Waals surface area contributed by atoms with Gasteiger partial charge in [-0.1, -0.05) is 11.6 Å². The molecule has 5 heteroatoms. The number of nitrogens with one attached hydrogen (secondary N) is 1. The van der Waals surface area contributed by atoms with Gasteiger partial charge in [0, 0.05) is 22.4 Å². The minimum atomic E-state index is 0.199. The highest BCUT2D eigenvalue weighted by molar-refractivity contribution is 6.30. The molecule has 1 aliphatic rings. The summed E-state index contributed by atoms with van der Waals surface area (Å²) < 4.78 is 5.28. The number of rotatable bonds is 6. The number of hydrogen-bond donors (Lipinski definition) is 2. The van der Waals surface area contributed by atoms with Crippen LogP contribution in [0.3, 0.4) is 0 Å². The van der Waals surface area contributed by atoms with Crippen molar-refractivity contribution in [2.24, 2.45) is 4.99 Å². The Labute approximate surface area is 160 Å². The van der Waals surface area contributed by atoms with Crippen molar-refractivity contribution in [3.63, 3.8) is 0 Å². The average Bonchev–Trinajstić information content (AvgIpc) is 2.69. The number of quaternary nitrogens is 1. The van der Waals surface area contributed by atoms with Crippen molar-refractivity contribution in [2.75, 3.05) is 26.7 Å². The summed E-state index contributed by atoms with van der Waals surface area (Å²) in [7, 11) is 1.68. The molecule has 1 aliphatic heterocycles. The van der Waals surface area contributed by atoms with E-state index in [1.165, 1.54) is 37.9 Å². The maximum atomic E-state index is 9.95. The Hall–Kier alpha value is -2.04. The van der Waals surface area contributed by atoms with Gasteiger partial charge in [-0.15, -0.1) is 0 Å². The molecule has 3 rings (SSSR count). The number of halogens is 1. The van der Waals surface area contributed by atoms with Crippen LogP contribution in [0.1, 0.15) is 36.4 Å². The number of piperidine rings is 1. The molecule has 0 aliphatic carbocycles. The molecular weight excluding hydrogens is 348 g/mol. The Balaban J connectivity index is 1.78. The molecule has 0 saturated carbocycles. The Kier molecular flexibility index (Phi) is 6.53. The first-order chi connectivity index (χ1) is 12.7. The van der Waals surface area contributed by atoms with Gasteiger partial charge in [0.2, 0.25) is 0 Å². The lowest BCUT2D eigenvalue weighted by Crippen LogP contribution is -3.13. The van der Waals surface area contributed by atoms with Crippen LogP contribution in [0.15, 0.2) is 47.5 Å². The number of likely N-dealkylation sites (tertiary alicyclic amines) is 1. The first kappa shape index (κ1) is 18.7. The average molecular weight is 374 g/mol. The summed E-state index contributed by atoms with van der Waals surface area (Å²) in [5.41, 5.74) is 1.93. The van der Waals surface area contributed by atoms with Gasteiger partial charge >= 0.3 is 0 Å². The molecule has 0 spiro atoms. The van der Waals surface area contributed by atoms with E-state index in [2.05, 4.69) is 17.1 Å². The quantitative estimate of drug-likeness (QED) is 0.763. The molecule has 1 atom stereocenters. The Bertz CT molecular complexity index is 740. The van der Waals surface area contributed by atoms with Gasteiger partial charge in [0.25, 0.3) is 0 Å². The number of phenols is 1. The standard InChI is InChI=1S/C21H25ClN2O2/c1-26-19-8-5-16(6-9-19)20(24-11-3-2-4-12-24)15-23-14-17-13-18(22)7-10-21(17)25/h5-10,13-14,20,25H,2-4,11-12,15H2,1H3/p+1/t20-/m0/s1. The van der Waals surface area contributed by atoms with Crippen LogP contribution in [0.2, 0.25) is 5.02 Å². The molecule has 4 nitrogen and oxygen atoms in total. The zero-order valence-corrected chi connectivity index (χ0v) is 15.9. The van der Waals surface area contributed by atoms with Crippen molar-refractivity contribution in [2.45, 2.75) is 25.3 Å². The van der Waals surface area contributed by atoms with E-state index in [0.29, 0.717) is 23.2 Å². The minimum absolute atomic E-state index is 0.199. The third kappa shape index (κ3) is 4.77. The van der Waals surface area contributed by atoms with E-state index in [1.807, 2.05) is 12.1 Å². The summed E-state index contributed by atoms with van der Waals surface area (Å²) in [5, 5.41) is 10.5. The third-order valence-corrected chi connectivity index (χ3v) is 5.25. The van der Waals surface area contributed by atoms with Crippen molar-refractivity contribution in [3.05, 3.63) is 58.6 Å². The van der Waals surface area contributed by atoms with E-state index in [-0.39, 0.29) is 5.75 Å². The van der Waals surface area contributed by atoms with Gasteiger partial charge in [-0.2, -0.15) is 0 Å². The summed E-state index contributed by atoms with van der Waals surface area (Å²) in [6.45, 7) is 3.02. The van der Waals surface area contributed by atoms with Crippen LogP contribution in [-0.4, -0.2) is 38.1 Å². The SMILES string of the molecule is COc1ccc([C@H](CN=Cc2cc(Cl)ccc2O)[NH+]2CCCCC2)cc1. The number of hydrogen-bond acceptors (Lipinski definition) is 3. The summed E-state index contributed by atoms with van der Waals surface area (Å²) in [4.78, 5) is 6.22. The van der Waals surface area contributed by atoms with Crippen LogP contribution in [0, 0.1) is 0 Å². The van der Waals surface area contributed by atoms with Gasteiger partial charge in [0.15, 0.2) is 0 Å². The number of phenolic OH excluding ortho intramolecular Hbond substituents is 1. The van der Waals surface area contributed by atoms with E-state index in [9.17, 15) is 5.11 Å². The van der Waals surface area contributed by atoms with Gasteiger partial charge in [-0.3, -0.25) is 4.99 Å². The molecule has 1 fully saturated rings. The molecule has 0 aromatic heterocycles. The molecule has 0 unspecified atom stereocenters. The van der Waals surface area contributed by atoms with Crippen LogP contribution in [0.25, 0.3) is 0 Å². The number of methoxy groups -OCH3 is 1. The van der Waals surface area contributed by atoms with Gasteiger partial charge in [-0.05, 0) is 61.7 Å². The molecule has 26 heavy (non-hydrogen) atoms. The third-order valence-electron chi connectivity index (χ3n) is 5.01. The molecule has 2 aromatic rings. The topological polar surface area (TPSA) is 46.3 Å². The maximum absolute atomic E-state index is 9.95. The highest BCUT2D eigenvalue weighted by Crippen LogP contribution is 2.20. The molecule has 0 amide bonds. The predicted molar refractivity (Wildman–Crippen MR) is 106 cm³/mol. The van der Waals surface area contributed by atoms with Gasteiger partial charge in [-0.25, -0.2) is 0 Å². The molecule has 138 valence electrons. The molecule has 1 heterocycles. The minimum Gasteiger partial charge on any atom is -0.507 e. The van der Waals surface area contributed by atoms with Crippen molar-refractivity contribution >= 4 is 17.8 Å². The van der Waals surface area contributed by atoms with E-state index >= 15 is 0 Å². The van der Waals surface area contributed by atoms with Crippen molar-refractivity contribution in [1.29, 1.82) is 0 Å². The lowest BCUT2D eigenvalue weighted by atomic mass is 10.0. The zero-order valence-electron chi connectivity index (χ0n) is 15.1. The number of aliphatic imine (C=N–C) groups is 1. The monoisotopic (exact) mass is 373 g/mol. The van der Waals surface area contributed by atoms with Crippen molar-refractivity contribution in [3.8, 4) is 11.5 Å². The fourth-order valence-electron chi connectivity index (χ4n) is 3.55. The molecule has 1 saturated heterocycles. The largest absolute Gasteiger partial charge is 0.507 e. The smallest absolute Gasteiger partial charge is 0.133 e. The lowest BCUT2D eigenvalue weighted by Gasteiger charge is -2.31. The first-order valence-electron chi connectivity index (χ1n) is 9.14. The molecule has 0 radical (unpaired) electrons. The fourth-order valence-corrected chi connectivity index (χ4v) is 3.73. The van der Waals surface area contributed by atoms with Crippen molar-refractivity contribution < 1.29 is 14.7 Å². The zero-order chi connectivity index (χ0) is 18.4. The van der Waals surface area contributed by atoms with Gasteiger partial charge in [0.05, 0.1) is 26.7 Å². The second kappa shape index (κ2) is 9.06. The predicted octanol–water partition coefficient (Wildman–Crippen LogP) is 3.28. The Morgan fingerprint density at radius 3 is 2.58 bits per heavy atom. The van der Waals surface area contributed by atoms with E-state index in [4.69, 9.17) is 16.3 Å². The van der Waals surface area contributed by atoms with Crippen LogP contribution >= 0.6 is 11.6 Å². The lowest BCUT2D eigenvalue weighted by molar-refractivity contribution is -0.934. The maximum Gasteiger partial charge on any atom is 0.133 e. The molecule has 2 N–H and O–H groups in total. The number of aromatic hydroxyl groups is 1. The van der Waals surface area contributed by atoms with Crippen LogP contribution < -0.4 is 9.64 Å². The fraction of sp³-hybridized carbons (Fsp3) is 0.381. The van der Waals surface area contributed by atoms with E-state index < -0.39 is 0 Å². The number of nitrogens with zero attached hydrogens (tertiary/aromatic N) is 1. The summed E-state index contributed by atoms with van der Waals surface area (Å²) >= 11 is 6.02. The highest BCUT2D eigenvalue weighted by atomic mass is 35.5. The van der Waals surface area contributed by atoms with Crippen molar-refractivity contribution in [1.82, 2.24) is 0 Å². The molecular formula is C21H26ClN2O2+. The summed E-state index contributed by atoms with van der Waals surface area (Å²) in [6, 6.07) is 13.6. The van der Waals surface area contributed by atoms with E-state index in [0.717, 1.165) is 5.75 Å². The Morgan fingerprint density at radius 1 is 1.15 bits per heavy atom. The van der Waals surface area contributed by atoms with Gasteiger partial charge < -0.3 is 14.7 Å². The molecule has 0 bridgehead atoms. The van der Waals surface area contributed by atoms with Gasteiger partial charge in [0.1, 0.15) is 17.5 Å². The van der Waals surface area contributed by atoms with Crippen LogP contribution in [0.5, 0.6) is 11.5 Å². The number of ether oxygens (including phenoxy) is 1. The van der Waals surface area contributed by atoms with Crippen LogP contribution in [-0.2, 0) is 0 Å². The first-order valence-corrected chi connectivity index (χ1v) is 9.52. The molecule has 2 aromatic carbocycles. The Morgan fingerprint density at radius 2 is 1.88 bits per heavy atom. The summed E-state index contributed by atoms with van der Waals surface area (Å²) in [6.07, 6.45) is 5.57. The van der Waals surface area contributed by atoms with E-state index in [1.54, 1.807) is 36.4 Å². The van der Waals surface area contributed by atoms with Crippen LogP contribution in [0.4, 0.5) is 0 Å². The number of benzene rings is 2. The second-order valence-electron chi connectivity index (χ2n) is 6.74.